The number of benzene rings is 1. The molecular weight excluding hydrogens is 336 g/mol. The minimum absolute atomic E-state index is 0.0791. The number of anilines is 1. The molecule has 1 aromatic carbocycles. The molecule has 0 spiro atoms. The van der Waals surface area contributed by atoms with E-state index in [0.717, 1.165) is 24.6 Å². The van der Waals surface area contributed by atoms with Gasteiger partial charge in [-0.3, -0.25) is 9.59 Å². The molecule has 0 aliphatic rings. The van der Waals surface area contributed by atoms with Crippen molar-refractivity contribution in [1.29, 1.82) is 0 Å². The highest BCUT2D eigenvalue weighted by Gasteiger charge is 2.20. The fraction of sp³-hybridized carbons (Fsp3) is 0.529. The van der Waals surface area contributed by atoms with Crippen molar-refractivity contribution in [2.75, 3.05) is 11.9 Å². The third kappa shape index (κ3) is 6.11. The van der Waals surface area contributed by atoms with Crippen molar-refractivity contribution < 1.29 is 23.1 Å². The third-order valence-corrected chi connectivity index (χ3v) is 4.29. The molecule has 0 saturated heterocycles. The maximum absolute atomic E-state index is 13.9. The van der Waals surface area contributed by atoms with Crippen LogP contribution in [0.2, 0.25) is 0 Å². The Morgan fingerprint density at radius 1 is 1.21 bits per heavy atom. The normalized spacial score (nSPS) is 12.1. The van der Waals surface area contributed by atoms with Gasteiger partial charge >= 0.3 is 5.97 Å². The summed E-state index contributed by atoms with van der Waals surface area (Å²) in [5, 5.41) is 1.77. The standard InChI is InChI=1S/C17H23F2NO3S/c1-5-6-7-23-17(22)11(4)24-15-9-14(12(18)8-13(15)19)20-16(21)10(2)3/h8-11H,5-7H2,1-4H3,(H,20,21). The van der Waals surface area contributed by atoms with Crippen LogP contribution in [0.25, 0.3) is 0 Å². The first-order chi connectivity index (χ1) is 11.3. The van der Waals surface area contributed by atoms with E-state index in [2.05, 4.69) is 5.32 Å². The predicted molar refractivity (Wildman–Crippen MR) is 91.0 cm³/mol. The van der Waals surface area contributed by atoms with E-state index >= 15 is 0 Å². The SMILES string of the molecule is CCCCOC(=O)C(C)Sc1cc(NC(=O)C(C)C)c(F)cc1F. The van der Waals surface area contributed by atoms with Gasteiger partial charge in [0, 0.05) is 16.9 Å². The van der Waals surface area contributed by atoms with Crippen LogP contribution in [0.4, 0.5) is 14.5 Å². The van der Waals surface area contributed by atoms with Crippen LogP contribution in [0.5, 0.6) is 0 Å². The Labute approximate surface area is 145 Å². The van der Waals surface area contributed by atoms with Crippen LogP contribution in [0, 0.1) is 17.6 Å². The molecular formula is C17H23F2NO3S. The molecule has 0 saturated carbocycles. The van der Waals surface area contributed by atoms with Crippen molar-refractivity contribution >= 4 is 29.3 Å². The quantitative estimate of drug-likeness (QED) is 0.425. The van der Waals surface area contributed by atoms with Crippen LogP contribution in [-0.2, 0) is 14.3 Å². The molecule has 0 fully saturated rings. The summed E-state index contributed by atoms with van der Waals surface area (Å²) in [6.07, 6.45) is 1.67. The number of thioether (sulfide) groups is 1. The Bertz CT molecular complexity index is 593. The van der Waals surface area contributed by atoms with E-state index in [1.54, 1.807) is 20.8 Å². The van der Waals surface area contributed by atoms with Crippen molar-refractivity contribution in [3.8, 4) is 0 Å². The molecule has 0 aliphatic carbocycles. The van der Waals surface area contributed by atoms with Gasteiger partial charge in [0.15, 0.2) is 0 Å². The van der Waals surface area contributed by atoms with E-state index < -0.39 is 22.9 Å². The van der Waals surface area contributed by atoms with Crippen molar-refractivity contribution in [2.45, 2.75) is 50.7 Å². The number of nitrogens with one attached hydrogen (secondary N) is 1. The second-order valence-corrected chi connectivity index (χ2v) is 7.07. The average Bonchev–Trinajstić information content (AvgIpc) is 2.51. The fourth-order valence-corrected chi connectivity index (χ4v) is 2.57. The van der Waals surface area contributed by atoms with E-state index in [1.807, 2.05) is 6.92 Å². The van der Waals surface area contributed by atoms with E-state index in [-0.39, 0.29) is 22.4 Å². The first-order valence-corrected chi connectivity index (χ1v) is 8.77. The topological polar surface area (TPSA) is 55.4 Å². The minimum atomic E-state index is -0.857. The zero-order chi connectivity index (χ0) is 18.3. The highest BCUT2D eigenvalue weighted by Crippen LogP contribution is 2.31. The summed E-state index contributed by atoms with van der Waals surface area (Å²) in [6.45, 7) is 7.23. The van der Waals surface area contributed by atoms with Gasteiger partial charge in [-0.15, -0.1) is 11.8 Å². The number of unbranched alkanes of at least 4 members (excludes halogenated alkanes) is 1. The van der Waals surface area contributed by atoms with Gasteiger partial charge in [0.25, 0.3) is 0 Å². The maximum Gasteiger partial charge on any atom is 0.319 e. The molecule has 0 bridgehead atoms. The largest absolute Gasteiger partial charge is 0.465 e. The van der Waals surface area contributed by atoms with Gasteiger partial charge < -0.3 is 10.1 Å². The Hall–Kier alpha value is -1.63. The number of carbonyl (C=O) groups excluding carboxylic acids is 2. The second kappa shape index (κ2) is 9.61. The molecule has 1 N–H and O–H groups in total. The van der Waals surface area contributed by atoms with Crippen LogP contribution >= 0.6 is 11.8 Å². The van der Waals surface area contributed by atoms with Crippen molar-refractivity contribution in [1.82, 2.24) is 0 Å². The molecule has 4 nitrogen and oxygen atoms in total. The summed E-state index contributed by atoms with van der Waals surface area (Å²) in [6, 6.07) is 1.90. The molecule has 0 aliphatic heterocycles. The molecule has 134 valence electrons. The third-order valence-electron chi connectivity index (χ3n) is 3.18. The average molecular weight is 359 g/mol. The highest BCUT2D eigenvalue weighted by atomic mass is 32.2. The Morgan fingerprint density at radius 2 is 1.88 bits per heavy atom. The zero-order valence-corrected chi connectivity index (χ0v) is 15.1. The molecule has 7 heteroatoms. The van der Waals surface area contributed by atoms with E-state index in [4.69, 9.17) is 4.74 Å². The van der Waals surface area contributed by atoms with Crippen molar-refractivity contribution in [3.63, 3.8) is 0 Å². The molecule has 1 atom stereocenters. The number of esters is 1. The van der Waals surface area contributed by atoms with E-state index in [0.29, 0.717) is 12.7 Å². The lowest BCUT2D eigenvalue weighted by atomic mass is 10.2. The van der Waals surface area contributed by atoms with Crippen molar-refractivity contribution in [2.24, 2.45) is 5.92 Å². The van der Waals surface area contributed by atoms with Crippen LogP contribution < -0.4 is 5.32 Å². The van der Waals surface area contributed by atoms with Crippen LogP contribution in [-0.4, -0.2) is 23.7 Å². The molecule has 1 amide bonds. The summed E-state index contributed by atoms with van der Waals surface area (Å²) in [7, 11) is 0. The number of hydrogen-bond acceptors (Lipinski definition) is 4. The lowest BCUT2D eigenvalue weighted by Gasteiger charge is -2.14. The van der Waals surface area contributed by atoms with Gasteiger partial charge in [0.2, 0.25) is 5.91 Å². The molecule has 1 rings (SSSR count). The molecule has 0 heterocycles. The molecule has 1 unspecified atom stereocenters. The molecule has 1 aromatic rings. The predicted octanol–water partition coefficient (Wildman–Crippen LogP) is 4.38. The van der Waals surface area contributed by atoms with Crippen molar-refractivity contribution in [3.05, 3.63) is 23.8 Å². The number of amides is 1. The summed E-state index contributed by atoms with van der Waals surface area (Å²) in [4.78, 5) is 23.6. The van der Waals surface area contributed by atoms with Crippen LogP contribution in [0.3, 0.4) is 0 Å². The molecule has 0 aromatic heterocycles. The Kier molecular flexibility index (Phi) is 8.18. The van der Waals surface area contributed by atoms with E-state index in [9.17, 15) is 18.4 Å². The summed E-state index contributed by atoms with van der Waals surface area (Å²) >= 11 is 0.927. The zero-order valence-electron chi connectivity index (χ0n) is 14.3. The number of halogens is 2. The minimum Gasteiger partial charge on any atom is -0.465 e. The Morgan fingerprint density at radius 3 is 2.46 bits per heavy atom. The number of carbonyl (C=O) groups is 2. The first-order valence-electron chi connectivity index (χ1n) is 7.89. The molecule has 24 heavy (non-hydrogen) atoms. The fourth-order valence-electron chi connectivity index (χ4n) is 1.67. The van der Waals surface area contributed by atoms with Crippen LogP contribution in [0.1, 0.15) is 40.5 Å². The van der Waals surface area contributed by atoms with Gasteiger partial charge in [-0.1, -0.05) is 27.2 Å². The summed E-state index contributed by atoms with van der Waals surface area (Å²) in [5.74, 6) is -2.80. The maximum atomic E-state index is 13.9. The number of rotatable bonds is 8. The monoisotopic (exact) mass is 359 g/mol. The lowest BCUT2D eigenvalue weighted by Crippen LogP contribution is -2.19. The van der Waals surface area contributed by atoms with Gasteiger partial charge in [0.05, 0.1) is 12.3 Å². The lowest BCUT2D eigenvalue weighted by molar-refractivity contribution is -0.142. The summed E-state index contributed by atoms with van der Waals surface area (Å²) in [5.41, 5.74) is -0.107. The van der Waals surface area contributed by atoms with Gasteiger partial charge in [-0.2, -0.15) is 0 Å². The van der Waals surface area contributed by atoms with E-state index in [1.165, 1.54) is 6.07 Å². The smallest absolute Gasteiger partial charge is 0.319 e. The molecule has 0 radical (unpaired) electrons. The van der Waals surface area contributed by atoms with Gasteiger partial charge in [-0.25, -0.2) is 8.78 Å². The summed E-state index contributed by atoms with van der Waals surface area (Å²) < 4.78 is 32.8. The Balaban J connectivity index is 2.83. The number of ether oxygens (including phenoxy) is 1. The van der Waals surface area contributed by atoms with Gasteiger partial charge in [-0.05, 0) is 19.4 Å². The van der Waals surface area contributed by atoms with Crippen LogP contribution in [0.15, 0.2) is 17.0 Å². The highest BCUT2D eigenvalue weighted by molar-refractivity contribution is 8.00. The second-order valence-electron chi connectivity index (χ2n) is 5.69. The number of hydrogen-bond donors (Lipinski definition) is 1. The van der Waals surface area contributed by atoms with Gasteiger partial charge in [0.1, 0.15) is 16.9 Å². The first kappa shape index (κ1) is 20.4.